The van der Waals surface area contributed by atoms with E-state index in [0.29, 0.717) is 19.6 Å². The van der Waals surface area contributed by atoms with Crippen LogP contribution < -0.4 is 5.73 Å². The van der Waals surface area contributed by atoms with Gasteiger partial charge in [-0.25, -0.2) is 4.98 Å². The molecule has 0 bridgehead atoms. The van der Waals surface area contributed by atoms with Crippen molar-refractivity contribution in [2.45, 2.75) is 39.0 Å². The third kappa shape index (κ3) is 5.12. The summed E-state index contributed by atoms with van der Waals surface area (Å²) >= 11 is 1.56. The summed E-state index contributed by atoms with van der Waals surface area (Å²) in [4.78, 5) is 18.6. The molecule has 0 fully saturated rings. The molecule has 0 aliphatic heterocycles. The van der Waals surface area contributed by atoms with Gasteiger partial charge in [-0.05, 0) is 25.8 Å². The Labute approximate surface area is 147 Å². The van der Waals surface area contributed by atoms with E-state index in [1.165, 1.54) is 0 Å². The van der Waals surface area contributed by atoms with Crippen molar-refractivity contribution in [2.75, 3.05) is 13.7 Å². The zero-order chi connectivity index (χ0) is 17.5. The summed E-state index contributed by atoms with van der Waals surface area (Å²) in [5, 5.41) is 2.90. The maximum Gasteiger partial charge on any atom is 0.239 e. The molecule has 1 aromatic carbocycles. The Hall–Kier alpha value is -1.76. The Morgan fingerprint density at radius 2 is 2.08 bits per heavy atom. The van der Waals surface area contributed by atoms with E-state index in [1.807, 2.05) is 49.6 Å². The fourth-order valence-corrected chi connectivity index (χ4v) is 3.28. The maximum absolute atomic E-state index is 12.4. The van der Waals surface area contributed by atoms with Crippen LogP contribution in [0.25, 0.3) is 0 Å². The van der Waals surface area contributed by atoms with E-state index in [1.54, 1.807) is 23.3 Å². The Balaban J connectivity index is 1.91. The molecule has 0 spiro atoms. The Morgan fingerprint density at radius 3 is 2.75 bits per heavy atom. The fourth-order valence-electron chi connectivity index (χ4n) is 2.46. The van der Waals surface area contributed by atoms with Crippen molar-refractivity contribution in [1.82, 2.24) is 9.88 Å². The summed E-state index contributed by atoms with van der Waals surface area (Å²) in [6.45, 7) is 5.06. The largest absolute Gasteiger partial charge is 0.372 e. The van der Waals surface area contributed by atoms with E-state index < -0.39 is 6.04 Å². The van der Waals surface area contributed by atoms with Gasteiger partial charge in [-0.2, -0.15) is 0 Å². The first kappa shape index (κ1) is 18.6. The van der Waals surface area contributed by atoms with Crippen LogP contribution in [0.2, 0.25) is 0 Å². The van der Waals surface area contributed by atoms with Crippen molar-refractivity contribution < 1.29 is 9.53 Å². The molecule has 0 aliphatic rings. The molecular weight excluding hydrogens is 322 g/mol. The lowest BCUT2D eigenvalue weighted by molar-refractivity contribution is -0.131. The highest BCUT2D eigenvalue weighted by molar-refractivity contribution is 7.09. The summed E-state index contributed by atoms with van der Waals surface area (Å²) in [7, 11) is 1.76. The maximum atomic E-state index is 12.4. The van der Waals surface area contributed by atoms with Gasteiger partial charge in [-0.1, -0.05) is 30.3 Å². The van der Waals surface area contributed by atoms with Gasteiger partial charge < -0.3 is 15.4 Å². The van der Waals surface area contributed by atoms with Crippen LogP contribution in [0.1, 0.15) is 36.2 Å². The third-order valence-electron chi connectivity index (χ3n) is 3.72. The van der Waals surface area contributed by atoms with Crippen molar-refractivity contribution in [2.24, 2.45) is 5.73 Å². The molecular formula is C18H25N3O2S. The summed E-state index contributed by atoms with van der Waals surface area (Å²) in [5.41, 5.74) is 8.00. The van der Waals surface area contributed by atoms with Crippen molar-refractivity contribution in [3.8, 4) is 0 Å². The smallest absolute Gasteiger partial charge is 0.239 e. The number of rotatable bonds is 8. The lowest BCUT2D eigenvalue weighted by Crippen LogP contribution is -2.42. The number of ether oxygens (including phenoxy) is 1. The van der Waals surface area contributed by atoms with Crippen molar-refractivity contribution in [1.29, 1.82) is 0 Å². The first-order chi connectivity index (χ1) is 11.5. The molecule has 0 aliphatic carbocycles. The van der Waals surface area contributed by atoms with Crippen LogP contribution in [-0.2, 0) is 22.5 Å². The van der Waals surface area contributed by atoms with Crippen LogP contribution in [0.15, 0.2) is 35.7 Å². The van der Waals surface area contributed by atoms with Crippen LogP contribution >= 0.6 is 11.3 Å². The molecule has 2 N–H and O–H groups in total. The molecule has 1 heterocycles. The summed E-state index contributed by atoms with van der Waals surface area (Å²) in [6.07, 6.45) is 0.517. The van der Waals surface area contributed by atoms with Gasteiger partial charge in [-0.3, -0.25) is 4.79 Å². The molecule has 2 unspecified atom stereocenters. The highest BCUT2D eigenvalue weighted by atomic mass is 32.1. The fraction of sp³-hybridized carbons (Fsp3) is 0.444. The molecule has 2 rings (SSSR count). The topological polar surface area (TPSA) is 68.5 Å². The van der Waals surface area contributed by atoms with Gasteiger partial charge in [0, 0.05) is 19.0 Å². The van der Waals surface area contributed by atoms with Gasteiger partial charge in [-0.15, -0.1) is 11.3 Å². The number of carbonyl (C=O) groups excluding carboxylic acids is 1. The number of hydrogen-bond acceptors (Lipinski definition) is 5. The molecule has 6 heteroatoms. The summed E-state index contributed by atoms with van der Waals surface area (Å²) < 4.78 is 5.55. The van der Waals surface area contributed by atoms with Crippen LogP contribution in [-0.4, -0.2) is 35.5 Å². The first-order valence-corrected chi connectivity index (χ1v) is 8.99. The van der Waals surface area contributed by atoms with Crippen LogP contribution in [0, 0.1) is 0 Å². The highest BCUT2D eigenvalue weighted by Crippen LogP contribution is 2.21. The van der Waals surface area contributed by atoms with Gasteiger partial charge in [0.15, 0.2) is 0 Å². The normalized spacial score (nSPS) is 13.5. The van der Waals surface area contributed by atoms with Gasteiger partial charge >= 0.3 is 0 Å². The van der Waals surface area contributed by atoms with E-state index >= 15 is 0 Å². The minimum absolute atomic E-state index is 0.0184. The zero-order valence-corrected chi connectivity index (χ0v) is 15.3. The quantitative estimate of drug-likeness (QED) is 0.797. The predicted molar refractivity (Wildman–Crippen MR) is 96.8 cm³/mol. The monoisotopic (exact) mass is 347 g/mol. The standard InChI is InChI=1S/C18H25N3O2S/c1-4-23-13(2)17-20-15(12-24-17)11-21(3)18(22)16(19)10-14-8-6-5-7-9-14/h5-9,12-13,16H,4,10-11,19H2,1-3H3. The lowest BCUT2D eigenvalue weighted by Gasteiger charge is -2.20. The Bertz CT molecular complexity index is 645. The molecule has 5 nitrogen and oxygen atoms in total. The number of aromatic nitrogens is 1. The lowest BCUT2D eigenvalue weighted by atomic mass is 10.1. The molecule has 130 valence electrons. The third-order valence-corrected chi connectivity index (χ3v) is 4.78. The molecule has 1 amide bonds. The number of hydrogen-bond donors (Lipinski definition) is 1. The molecule has 2 aromatic rings. The number of benzene rings is 1. The zero-order valence-electron chi connectivity index (χ0n) is 14.4. The average Bonchev–Trinajstić information content (AvgIpc) is 3.03. The second kappa shape index (κ2) is 8.92. The molecule has 1 aromatic heterocycles. The van der Waals surface area contributed by atoms with Crippen LogP contribution in [0.4, 0.5) is 0 Å². The van der Waals surface area contributed by atoms with E-state index in [9.17, 15) is 4.79 Å². The summed E-state index contributed by atoms with van der Waals surface area (Å²) in [6, 6.07) is 9.27. The molecule has 0 saturated carbocycles. The van der Waals surface area contributed by atoms with Crippen molar-refractivity contribution >= 4 is 17.2 Å². The molecule has 0 radical (unpaired) electrons. The van der Waals surface area contributed by atoms with E-state index in [2.05, 4.69) is 4.98 Å². The van der Waals surface area contributed by atoms with E-state index in [0.717, 1.165) is 16.3 Å². The Kier molecular flexibility index (Phi) is 6.90. The van der Waals surface area contributed by atoms with Gasteiger partial charge in [0.1, 0.15) is 11.1 Å². The minimum Gasteiger partial charge on any atom is -0.372 e. The van der Waals surface area contributed by atoms with Crippen LogP contribution in [0.3, 0.4) is 0 Å². The average molecular weight is 347 g/mol. The van der Waals surface area contributed by atoms with Gasteiger partial charge in [0.2, 0.25) is 5.91 Å². The number of likely N-dealkylation sites (N-methyl/N-ethyl adjacent to an activating group) is 1. The van der Waals surface area contributed by atoms with Crippen molar-refractivity contribution in [3.05, 3.63) is 52.0 Å². The minimum atomic E-state index is -0.544. The number of nitrogens with zero attached hydrogens (tertiary/aromatic N) is 2. The number of carbonyl (C=O) groups is 1. The molecule has 2 atom stereocenters. The molecule has 24 heavy (non-hydrogen) atoms. The second-order valence-corrected chi connectivity index (χ2v) is 6.65. The summed E-state index contributed by atoms with van der Waals surface area (Å²) in [5.74, 6) is -0.0775. The van der Waals surface area contributed by atoms with Crippen LogP contribution in [0.5, 0.6) is 0 Å². The highest BCUT2D eigenvalue weighted by Gasteiger charge is 2.20. The Morgan fingerprint density at radius 1 is 1.38 bits per heavy atom. The number of thiazole rings is 1. The first-order valence-electron chi connectivity index (χ1n) is 8.11. The predicted octanol–water partition coefficient (Wildman–Crippen LogP) is 2.77. The SMILES string of the molecule is CCOC(C)c1nc(CN(C)C(=O)C(N)Cc2ccccc2)cs1. The number of amides is 1. The number of nitrogens with two attached hydrogens (primary N) is 1. The van der Waals surface area contributed by atoms with E-state index in [4.69, 9.17) is 10.5 Å². The van der Waals surface area contributed by atoms with E-state index in [-0.39, 0.29) is 12.0 Å². The van der Waals surface area contributed by atoms with Gasteiger partial charge in [0.05, 0.1) is 18.3 Å². The van der Waals surface area contributed by atoms with Gasteiger partial charge in [0.25, 0.3) is 0 Å². The second-order valence-electron chi connectivity index (χ2n) is 5.77. The van der Waals surface area contributed by atoms with Crippen molar-refractivity contribution in [3.63, 3.8) is 0 Å². The molecule has 0 saturated heterocycles.